The van der Waals surface area contributed by atoms with Crippen LogP contribution in [0.5, 0.6) is 5.75 Å². The van der Waals surface area contributed by atoms with Gasteiger partial charge in [0, 0.05) is 19.1 Å². The van der Waals surface area contributed by atoms with Gasteiger partial charge in [-0.2, -0.15) is 0 Å². The highest BCUT2D eigenvalue weighted by atomic mass is 32.2. The molecule has 0 bridgehead atoms. The van der Waals surface area contributed by atoms with Crippen LogP contribution in [0.3, 0.4) is 0 Å². The molecular formula is C23H30N2O5S. The lowest BCUT2D eigenvalue weighted by Gasteiger charge is -2.29. The van der Waals surface area contributed by atoms with Gasteiger partial charge in [-0.25, -0.2) is 13.1 Å². The smallest absolute Gasteiger partial charge is 0.263 e. The van der Waals surface area contributed by atoms with E-state index in [1.165, 1.54) is 17.7 Å². The highest BCUT2D eigenvalue weighted by Gasteiger charge is 2.24. The van der Waals surface area contributed by atoms with Gasteiger partial charge in [0.1, 0.15) is 5.75 Å². The number of sulfonamides is 1. The van der Waals surface area contributed by atoms with Crippen molar-refractivity contribution in [2.45, 2.75) is 43.7 Å². The van der Waals surface area contributed by atoms with Gasteiger partial charge in [-0.15, -0.1) is 0 Å². The molecule has 2 aromatic rings. The van der Waals surface area contributed by atoms with Crippen LogP contribution in [0.25, 0.3) is 0 Å². The normalized spacial score (nSPS) is 16.5. The maximum Gasteiger partial charge on any atom is 0.263 e. The first-order valence-corrected chi connectivity index (χ1v) is 12.0. The lowest BCUT2D eigenvalue weighted by Crippen LogP contribution is -2.46. The van der Waals surface area contributed by atoms with E-state index in [2.05, 4.69) is 4.72 Å². The van der Waals surface area contributed by atoms with Crippen LogP contribution >= 0.6 is 0 Å². The number of hydrogen-bond acceptors (Lipinski definition) is 5. The molecule has 2 aromatic carbocycles. The van der Waals surface area contributed by atoms with Crippen LogP contribution in [0, 0.1) is 0 Å². The Morgan fingerprint density at radius 3 is 2.35 bits per heavy atom. The number of aryl methyl sites for hydroxylation is 1. The van der Waals surface area contributed by atoms with Gasteiger partial charge in [0.25, 0.3) is 5.91 Å². The number of carbonyl (C=O) groups excluding carboxylic acids is 1. The van der Waals surface area contributed by atoms with Gasteiger partial charge in [-0.1, -0.05) is 30.3 Å². The summed E-state index contributed by atoms with van der Waals surface area (Å²) < 4.78 is 39.1. The van der Waals surface area contributed by atoms with Gasteiger partial charge < -0.3 is 14.4 Å². The van der Waals surface area contributed by atoms with E-state index in [4.69, 9.17) is 9.47 Å². The van der Waals surface area contributed by atoms with E-state index in [0.717, 1.165) is 6.42 Å². The zero-order valence-corrected chi connectivity index (χ0v) is 18.8. The fourth-order valence-corrected chi connectivity index (χ4v) is 4.69. The first kappa shape index (κ1) is 23.2. The Kier molecular flexibility index (Phi) is 8.06. The van der Waals surface area contributed by atoms with Gasteiger partial charge in [0.2, 0.25) is 10.0 Å². The van der Waals surface area contributed by atoms with E-state index < -0.39 is 16.1 Å². The van der Waals surface area contributed by atoms with Gasteiger partial charge in [0.15, 0.2) is 6.10 Å². The summed E-state index contributed by atoms with van der Waals surface area (Å²) in [5.41, 5.74) is 1.18. The molecule has 3 rings (SSSR count). The van der Waals surface area contributed by atoms with Crippen LogP contribution in [0.15, 0.2) is 59.5 Å². The predicted molar refractivity (Wildman–Crippen MR) is 118 cm³/mol. The molecule has 0 aromatic heterocycles. The molecule has 1 saturated heterocycles. The third-order valence-corrected chi connectivity index (χ3v) is 6.79. The number of nitrogens with one attached hydrogen (secondary N) is 1. The van der Waals surface area contributed by atoms with Crippen molar-refractivity contribution in [1.82, 2.24) is 9.62 Å². The minimum Gasteiger partial charge on any atom is -0.481 e. The molecule has 1 amide bonds. The third-order valence-electron chi connectivity index (χ3n) is 5.18. The zero-order chi connectivity index (χ0) is 22.3. The quantitative estimate of drug-likeness (QED) is 0.640. The summed E-state index contributed by atoms with van der Waals surface area (Å²) in [4.78, 5) is 14.3. The second-order valence-electron chi connectivity index (χ2n) is 7.72. The van der Waals surface area contributed by atoms with E-state index in [9.17, 15) is 13.2 Å². The average Bonchev–Trinajstić information content (AvgIpc) is 2.78. The first-order chi connectivity index (χ1) is 14.8. The van der Waals surface area contributed by atoms with Crippen molar-refractivity contribution in [1.29, 1.82) is 0 Å². The maximum absolute atomic E-state index is 12.7. The van der Waals surface area contributed by atoms with Gasteiger partial charge >= 0.3 is 0 Å². The summed E-state index contributed by atoms with van der Waals surface area (Å²) in [6, 6.07) is 15.9. The van der Waals surface area contributed by atoms with Crippen LogP contribution in [-0.2, 0) is 26.0 Å². The largest absolute Gasteiger partial charge is 0.481 e. The Labute approximate surface area is 184 Å². The predicted octanol–water partition coefficient (Wildman–Crippen LogP) is 2.61. The molecule has 0 radical (unpaired) electrons. The summed E-state index contributed by atoms with van der Waals surface area (Å²) >= 11 is 0. The topological polar surface area (TPSA) is 84.9 Å². The molecule has 1 aliphatic heterocycles. The van der Waals surface area contributed by atoms with Crippen LogP contribution in [0.1, 0.15) is 25.8 Å². The molecule has 8 heteroatoms. The van der Waals surface area contributed by atoms with Crippen molar-refractivity contribution in [2.75, 3.05) is 26.3 Å². The van der Waals surface area contributed by atoms with Crippen LogP contribution < -0.4 is 9.46 Å². The minimum absolute atomic E-state index is 0.103. The Hall–Kier alpha value is -2.42. The molecule has 0 spiro atoms. The van der Waals surface area contributed by atoms with E-state index in [1.54, 1.807) is 24.0 Å². The Morgan fingerprint density at radius 2 is 1.71 bits per heavy atom. The lowest BCUT2D eigenvalue weighted by molar-refractivity contribution is -0.142. The van der Waals surface area contributed by atoms with Crippen molar-refractivity contribution in [3.63, 3.8) is 0 Å². The van der Waals surface area contributed by atoms with Crippen LogP contribution in [0.2, 0.25) is 0 Å². The van der Waals surface area contributed by atoms with Crippen LogP contribution in [-0.4, -0.2) is 57.7 Å². The molecular weight excluding hydrogens is 416 g/mol. The second-order valence-corrected chi connectivity index (χ2v) is 9.43. The molecule has 0 unspecified atom stereocenters. The van der Waals surface area contributed by atoms with E-state index in [0.29, 0.717) is 38.5 Å². The molecule has 1 heterocycles. The van der Waals surface area contributed by atoms with Crippen molar-refractivity contribution >= 4 is 15.9 Å². The SMILES string of the molecule is C[C@H](CCc1ccccc1)NS(=O)(=O)c1ccc(O[C@H](C)C(=O)N2CCOCC2)cc1. The number of ether oxygens (including phenoxy) is 2. The molecule has 2 atom stereocenters. The summed E-state index contributed by atoms with van der Waals surface area (Å²) in [6.07, 6.45) is 0.842. The number of morpholine rings is 1. The number of benzene rings is 2. The van der Waals surface area contributed by atoms with E-state index >= 15 is 0 Å². The fraction of sp³-hybridized carbons (Fsp3) is 0.435. The zero-order valence-electron chi connectivity index (χ0n) is 18.0. The summed E-state index contributed by atoms with van der Waals surface area (Å²) in [7, 11) is -3.64. The molecule has 1 fully saturated rings. The van der Waals surface area contributed by atoms with Crippen molar-refractivity contribution < 1.29 is 22.7 Å². The van der Waals surface area contributed by atoms with Crippen molar-refractivity contribution in [3.8, 4) is 5.75 Å². The number of amides is 1. The summed E-state index contributed by atoms with van der Waals surface area (Å²) in [6.45, 7) is 5.72. The third kappa shape index (κ3) is 6.78. The monoisotopic (exact) mass is 446 g/mol. The highest BCUT2D eigenvalue weighted by molar-refractivity contribution is 7.89. The Morgan fingerprint density at radius 1 is 1.06 bits per heavy atom. The van der Waals surface area contributed by atoms with Gasteiger partial charge in [0.05, 0.1) is 18.1 Å². The van der Waals surface area contributed by atoms with E-state index in [-0.39, 0.29) is 16.8 Å². The molecule has 168 valence electrons. The minimum atomic E-state index is -3.64. The summed E-state index contributed by atoms with van der Waals surface area (Å²) in [5, 5.41) is 0. The molecule has 31 heavy (non-hydrogen) atoms. The Balaban J connectivity index is 1.53. The summed E-state index contributed by atoms with van der Waals surface area (Å²) in [5.74, 6) is 0.346. The highest BCUT2D eigenvalue weighted by Crippen LogP contribution is 2.19. The lowest BCUT2D eigenvalue weighted by atomic mass is 10.1. The van der Waals surface area contributed by atoms with Gasteiger partial charge in [-0.05, 0) is 56.5 Å². The van der Waals surface area contributed by atoms with E-state index in [1.807, 2.05) is 37.3 Å². The first-order valence-electron chi connectivity index (χ1n) is 10.5. The second kappa shape index (κ2) is 10.7. The number of carbonyl (C=O) groups is 1. The average molecular weight is 447 g/mol. The Bertz CT molecular complexity index is 942. The van der Waals surface area contributed by atoms with Crippen molar-refractivity contribution in [3.05, 3.63) is 60.2 Å². The molecule has 1 aliphatic rings. The molecule has 1 N–H and O–H groups in total. The van der Waals surface area contributed by atoms with Gasteiger partial charge in [-0.3, -0.25) is 4.79 Å². The molecule has 7 nitrogen and oxygen atoms in total. The number of nitrogens with zero attached hydrogens (tertiary/aromatic N) is 1. The van der Waals surface area contributed by atoms with Crippen LogP contribution in [0.4, 0.5) is 0 Å². The van der Waals surface area contributed by atoms with Crippen molar-refractivity contribution in [2.24, 2.45) is 0 Å². The molecule has 0 aliphatic carbocycles. The number of hydrogen-bond donors (Lipinski definition) is 1. The fourth-order valence-electron chi connectivity index (χ4n) is 3.41. The standard InChI is InChI=1S/C23H30N2O5S/c1-18(8-9-20-6-4-3-5-7-20)24-31(27,28)22-12-10-21(11-13-22)30-19(2)23(26)25-14-16-29-17-15-25/h3-7,10-13,18-19,24H,8-9,14-17H2,1-2H3/t18-,19-/m1/s1. The maximum atomic E-state index is 12.7. The molecule has 0 saturated carbocycles. The number of rotatable bonds is 9.